The van der Waals surface area contributed by atoms with Crippen LogP contribution in [0.25, 0.3) is 0 Å². The van der Waals surface area contributed by atoms with E-state index in [9.17, 15) is 4.79 Å². The summed E-state index contributed by atoms with van der Waals surface area (Å²) >= 11 is 0. The van der Waals surface area contributed by atoms with Crippen molar-refractivity contribution < 1.29 is 9.53 Å². The van der Waals surface area contributed by atoms with Crippen molar-refractivity contribution in [3.8, 4) is 5.75 Å². The molecule has 4 nitrogen and oxygen atoms in total. The van der Waals surface area contributed by atoms with E-state index in [0.717, 1.165) is 38.3 Å². The predicted octanol–water partition coefficient (Wildman–Crippen LogP) is 1.23. The molecular weight excluding hydrogens is 240 g/mol. The van der Waals surface area contributed by atoms with Crippen LogP contribution in [0.3, 0.4) is 0 Å². The van der Waals surface area contributed by atoms with Crippen molar-refractivity contribution in [3.05, 3.63) is 29.8 Å². The predicted molar refractivity (Wildman–Crippen MR) is 73.3 cm³/mol. The molecule has 1 saturated carbocycles. The number of hydrogen-bond acceptors (Lipinski definition) is 3. The minimum atomic E-state index is 0.200. The molecule has 2 atom stereocenters. The minimum Gasteiger partial charge on any atom is -0.497 e. The molecule has 0 unspecified atom stereocenters. The molecule has 1 amide bonds. The normalized spacial score (nSPS) is 26.1. The maximum Gasteiger partial charge on any atom is 0.226 e. The van der Waals surface area contributed by atoms with Crippen LogP contribution in [-0.2, 0) is 4.79 Å². The van der Waals surface area contributed by atoms with Crippen molar-refractivity contribution in [1.82, 2.24) is 10.2 Å². The van der Waals surface area contributed by atoms with E-state index in [-0.39, 0.29) is 5.92 Å². The molecule has 1 aliphatic heterocycles. The SMILES string of the molecule is COc1ccc([C@H]2C[C@H]2C(=O)N2CCNCC2)cc1. The Balaban J connectivity index is 1.61. The Hall–Kier alpha value is -1.55. The lowest BCUT2D eigenvalue weighted by atomic mass is 10.1. The molecule has 1 heterocycles. The number of ether oxygens (including phenoxy) is 1. The summed E-state index contributed by atoms with van der Waals surface area (Å²) < 4.78 is 5.16. The van der Waals surface area contributed by atoms with Crippen molar-refractivity contribution in [3.63, 3.8) is 0 Å². The smallest absolute Gasteiger partial charge is 0.226 e. The monoisotopic (exact) mass is 260 g/mol. The molecule has 1 aliphatic carbocycles. The lowest BCUT2D eigenvalue weighted by Gasteiger charge is -2.27. The quantitative estimate of drug-likeness (QED) is 0.889. The number of amides is 1. The first-order valence-corrected chi connectivity index (χ1v) is 6.93. The average molecular weight is 260 g/mol. The maximum absolute atomic E-state index is 12.3. The van der Waals surface area contributed by atoms with Crippen LogP contribution in [0.4, 0.5) is 0 Å². The third kappa shape index (κ3) is 2.59. The highest BCUT2D eigenvalue weighted by Gasteiger charge is 2.45. The number of carbonyl (C=O) groups excluding carboxylic acids is 1. The van der Waals surface area contributed by atoms with Crippen molar-refractivity contribution in [2.24, 2.45) is 5.92 Å². The number of nitrogens with zero attached hydrogens (tertiary/aromatic N) is 1. The first-order chi connectivity index (χ1) is 9.29. The van der Waals surface area contributed by atoms with Crippen LogP contribution in [-0.4, -0.2) is 44.1 Å². The highest BCUT2D eigenvalue weighted by atomic mass is 16.5. The molecule has 1 aromatic carbocycles. The van der Waals surface area contributed by atoms with Crippen LogP contribution >= 0.6 is 0 Å². The third-order valence-electron chi connectivity index (χ3n) is 4.08. The summed E-state index contributed by atoms with van der Waals surface area (Å²) in [5.74, 6) is 1.82. The number of nitrogens with one attached hydrogen (secondary N) is 1. The van der Waals surface area contributed by atoms with Gasteiger partial charge in [0.05, 0.1) is 7.11 Å². The summed E-state index contributed by atoms with van der Waals surface area (Å²) in [6.45, 7) is 3.55. The molecule has 3 rings (SSSR count). The second-order valence-corrected chi connectivity index (χ2v) is 5.30. The van der Waals surface area contributed by atoms with Crippen LogP contribution in [0.1, 0.15) is 17.9 Å². The van der Waals surface area contributed by atoms with Crippen molar-refractivity contribution in [2.45, 2.75) is 12.3 Å². The highest BCUT2D eigenvalue weighted by Crippen LogP contribution is 2.48. The van der Waals surface area contributed by atoms with Crippen LogP contribution in [0.2, 0.25) is 0 Å². The first-order valence-electron chi connectivity index (χ1n) is 6.93. The molecule has 1 N–H and O–H groups in total. The molecule has 1 aromatic rings. The van der Waals surface area contributed by atoms with Gasteiger partial charge in [-0.25, -0.2) is 0 Å². The first kappa shape index (κ1) is 12.5. The van der Waals surface area contributed by atoms with E-state index in [2.05, 4.69) is 17.4 Å². The molecule has 2 aliphatic rings. The molecule has 2 fully saturated rings. The minimum absolute atomic E-state index is 0.200. The molecule has 1 saturated heterocycles. The molecule has 102 valence electrons. The number of hydrogen-bond donors (Lipinski definition) is 1. The Morgan fingerprint density at radius 2 is 1.95 bits per heavy atom. The molecule has 0 aromatic heterocycles. The zero-order valence-corrected chi connectivity index (χ0v) is 11.3. The number of rotatable bonds is 3. The standard InChI is InChI=1S/C15H20N2O2/c1-19-12-4-2-11(3-5-12)13-10-14(13)15(18)17-8-6-16-7-9-17/h2-5,13-14,16H,6-10H2,1H3/t13-,14-/m1/s1. The van der Waals surface area contributed by atoms with E-state index in [1.54, 1.807) is 7.11 Å². The summed E-state index contributed by atoms with van der Waals surface area (Å²) in [5.41, 5.74) is 1.26. The lowest BCUT2D eigenvalue weighted by Crippen LogP contribution is -2.47. The van der Waals surface area contributed by atoms with Crippen LogP contribution < -0.4 is 10.1 Å². The fourth-order valence-corrected chi connectivity index (χ4v) is 2.81. The molecule has 19 heavy (non-hydrogen) atoms. The fraction of sp³-hybridized carbons (Fsp3) is 0.533. The Morgan fingerprint density at radius 1 is 1.26 bits per heavy atom. The summed E-state index contributed by atoms with van der Waals surface area (Å²) in [5, 5.41) is 3.28. The van der Waals surface area contributed by atoms with Gasteiger partial charge in [-0.3, -0.25) is 4.79 Å². The Morgan fingerprint density at radius 3 is 2.58 bits per heavy atom. The Kier molecular flexibility index (Phi) is 3.42. The summed E-state index contributed by atoms with van der Waals surface area (Å²) in [7, 11) is 1.67. The number of benzene rings is 1. The van der Waals surface area contributed by atoms with Gasteiger partial charge in [0.15, 0.2) is 0 Å². The van der Waals surface area contributed by atoms with Crippen LogP contribution in [0.5, 0.6) is 5.75 Å². The van der Waals surface area contributed by atoms with E-state index in [1.807, 2.05) is 17.0 Å². The third-order valence-corrected chi connectivity index (χ3v) is 4.08. The largest absolute Gasteiger partial charge is 0.497 e. The average Bonchev–Trinajstić information content (AvgIpc) is 3.28. The van der Waals surface area contributed by atoms with Gasteiger partial charge >= 0.3 is 0 Å². The zero-order chi connectivity index (χ0) is 13.2. The van der Waals surface area contributed by atoms with Crippen molar-refractivity contribution in [2.75, 3.05) is 33.3 Å². The summed E-state index contributed by atoms with van der Waals surface area (Å²) in [6, 6.07) is 8.10. The summed E-state index contributed by atoms with van der Waals surface area (Å²) in [4.78, 5) is 14.3. The van der Waals surface area contributed by atoms with Gasteiger partial charge in [-0.05, 0) is 30.0 Å². The lowest BCUT2D eigenvalue weighted by molar-refractivity contribution is -0.133. The Bertz CT molecular complexity index is 452. The van der Waals surface area contributed by atoms with Gasteiger partial charge in [0, 0.05) is 32.1 Å². The highest BCUT2D eigenvalue weighted by molar-refractivity contribution is 5.83. The van der Waals surface area contributed by atoms with E-state index in [1.165, 1.54) is 5.56 Å². The van der Waals surface area contributed by atoms with Crippen LogP contribution in [0, 0.1) is 5.92 Å². The number of piperazine rings is 1. The van der Waals surface area contributed by atoms with Crippen LogP contribution in [0.15, 0.2) is 24.3 Å². The summed E-state index contributed by atoms with van der Waals surface area (Å²) in [6.07, 6.45) is 0.995. The van der Waals surface area contributed by atoms with Gasteiger partial charge in [0.25, 0.3) is 0 Å². The second-order valence-electron chi connectivity index (χ2n) is 5.30. The van der Waals surface area contributed by atoms with E-state index >= 15 is 0 Å². The second kappa shape index (κ2) is 5.21. The van der Waals surface area contributed by atoms with Gasteiger partial charge in [-0.15, -0.1) is 0 Å². The maximum atomic E-state index is 12.3. The fourth-order valence-electron chi connectivity index (χ4n) is 2.81. The van der Waals surface area contributed by atoms with Gasteiger partial charge in [-0.1, -0.05) is 12.1 Å². The van der Waals surface area contributed by atoms with Crippen molar-refractivity contribution in [1.29, 1.82) is 0 Å². The molecule has 0 radical (unpaired) electrons. The van der Waals surface area contributed by atoms with E-state index in [4.69, 9.17) is 4.74 Å². The molecule has 0 bridgehead atoms. The van der Waals surface area contributed by atoms with Crippen molar-refractivity contribution >= 4 is 5.91 Å². The number of carbonyl (C=O) groups is 1. The van der Waals surface area contributed by atoms with Gasteiger partial charge in [-0.2, -0.15) is 0 Å². The Labute approximate surface area is 113 Å². The molecule has 0 spiro atoms. The van der Waals surface area contributed by atoms with E-state index in [0.29, 0.717) is 11.8 Å². The van der Waals surface area contributed by atoms with Gasteiger partial charge < -0.3 is 15.0 Å². The number of methoxy groups -OCH3 is 1. The zero-order valence-electron chi connectivity index (χ0n) is 11.3. The van der Waals surface area contributed by atoms with E-state index < -0.39 is 0 Å². The van der Waals surface area contributed by atoms with Gasteiger partial charge in [0.1, 0.15) is 5.75 Å². The topological polar surface area (TPSA) is 41.6 Å². The molecule has 4 heteroatoms. The molecular formula is C15H20N2O2. The van der Waals surface area contributed by atoms with Gasteiger partial charge in [0.2, 0.25) is 5.91 Å².